The molecule has 1 saturated carbocycles. The minimum atomic E-state index is -0.340. The second kappa shape index (κ2) is 5.02. The average molecular weight is 287 g/mol. The zero-order valence-electron chi connectivity index (χ0n) is 11.7. The van der Waals surface area contributed by atoms with Crippen LogP contribution in [0, 0.1) is 6.92 Å². The molecule has 104 valence electrons. The summed E-state index contributed by atoms with van der Waals surface area (Å²) in [6.45, 7) is 1.94. The molecule has 1 aromatic carbocycles. The standard InChI is InChI=1S/C16H17NO2S/c1-11-13(14(18)19-2)17-15(20-11)16(9-6-10-16)12-7-4-3-5-8-12/h3-5,7-8H,6,9-10H2,1-2H3. The van der Waals surface area contributed by atoms with Gasteiger partial charge in [0, 0.05) is 10.3 Å². The first-order valence-corrected chi connectivity index (χ1v) is 7.61. The molecule has 0 atom stereocenters. The van der Waals surface area contributed by atoms with Crippen molar-refractivity contribution in [2.75, 3.05) is 7.11 Å². The van der Waals surface area contributed by atoms with Crippen molar-refractivity contribution in [1.82, 2.24) is 4.98 Å². The fourth-order valence-electron chi connectivity index (χ4n) is 2.80. The van der Waals surface area contributed by atoms with Crippen LogP contribution in [0.4, 0.5) is 0 Å². The van der Waals surface area contributed by atoms with E-state index in [1.165, 1.54) is 19.1 Å². The summed E-state index contributed by atoms with van der Waals surface area (Å²) in [5.74, 6) is -0.340. The highest BCUT2D eigenvalue weighted by Gasteiger charge is 2.43. The molecule has 3 nitrogen and oxygen atoms in total. The largest absolute Gasteiger partial charge is 0.464 e. The second-order valence-electron chi connectivity index (χ2n) is 5.22. The van der Waals surface area contributed by atoms with Gasteiger partial charge in [-0.2, -0.15) is 0 Å². The lowest BCUT2D eigenvalue weighted by molar-refractivity contribution is 0.0593. The highest BCUT2D eigenvalue weighted by molar-refractivity contribution is 7.12. The van der Waals surface area contributed by atoms with E-state index in [-0.39, 0.29) is 11.4 Å². The normalized spacial score (nSPS) is 16.5. The van der Waals surface area contributed by atoms with E-state index >= 15 is 0 Å². The minimum Gasteiger partial charge on any atom is -0.464 e. The molecule has 0 amide bonds. The highest BCUT2D eigenvalue weighted by atomic mass is 32.1. The van der Waals surface area contributed by atoms with Gasteiger partial charge in [0.05, 0.1) is 7.11 Å². The Morgan fingerprint density at radius 1 is 1.30 bits per heavy atom. The van der Waals surface area contributed by atoms with Crippen LogP contribution in [0.1, 0.15) is 45.2 Å². The topological polar surface area (TPSA) is 39.2 Å². The number of benzene rings is 1. The predicted molar refractivity (Wildman–Crippen MR) is 79.3 cm³/mol. The monoisotopic (exact) mass is 287 g/mol. The number of hydrogen-bond acceptors (Lipinski definition) is 4. The van der Waals surface area contributed by atoms with Crippen LogP contribution in [0.15, 0.2) is 30.3 Å². The summed E-state index contributed by atoms with van der Waals surface area (Å²) in [5.41, 5.74) is 1.77. The molecule has 0 bridgehead atoms. The van der Waals surface area contributed by atoms with Gasteiger partial charge >= 0.3 is 5.97 Å². The SMILES string of the molecule is COC(=O)c1nc(C2(c3ccccc3)CCC2)sc1C. The number of nitrogens with zero attached hydrogens (tertiary/aromatic N) is 1. The van der Waals surface area contributed by atoms with Crippen molar-refractivity contribution in [3.8, 4) is 0 Å². The van der Waals surface area contributed by atoms with Crippen LogP contribution in [0.3, 0.4) is 0 Å². The van der Waals surface area contributed by atoms with Gasteiger partial charge in [-0.15, -0.1) is 11.3 Å². The number of aryl methyl sites for hydroxylation is 1. The fraction of sp³-hybridized carbons (Fsp3) is 0.375. The maximum Gasteiger partial charge on any atom is 0.357 e. The fourth-order valence-corrected chi connectivity index (χ4v) is 3.97. The van der Waals surface area contributed by atoms with Crippen molar-refractivity contribution >= 4 is 17.3 Å². The molecule has 20 heavy (non-hydrogen) atoms. The Kier molecular flexibility index (Phi) is 3.34. The molecule has 0 radical (unpaired) electrons. The van der Waals surface area contributed by atoms with E-state index in [9.17, 15) is 4.79 Å². The number of methoxy groups -OCH3 is 1. The summed E-state index contributed by atoms with van der Waals surface area (Å²) in [5, 5.41) is 1.05. The van der Waals surface area contributed by atoms with Crippen LogP contribution < -0.4 is 0 Å². The summed E-state index contributed by atoms with van der Waals surface area (Å²) in [6.07, 6.45) is 3.41. The molecule has 2 aromatic rings. The lowest BCUT2D eigenvalue weighted by Gasteiger charge is -2.40. The van der Waals surface area contributed by atoms with Crippen molar-refractivity contribution in [2.45, 2.75) is 31.6 Å². The molecular formula is C16H17NO2S. The van der Waals surface area contributed by atoms with Gasteiger partial charge in [-0.3, -0.25) is 0 Å². The molecular weight excluding hydrogens is 270 g/mol. The Morgan fingerprint density at radius 3 is 2.55 bits per heavy atom. The zero-order valence-corrected chi connectivity index (χ0v) is 12.5. The molecule has 0 unspecified atom stereocenters. The summed E-state index contributed by atoms with van der Waals surface area (Å²) < 4.78 is 4.81. The van der Waals surface area contributed by atoms with Crippen molar-refractivity contribution in [1.29, 1.82) is 0 Å². The van der Waals surface area contributed by atoms with E-state index in [1.807, 2.05) is 13.0 Å². The maximum atomic E-state index is 11.7. The van der Waals surface area contributed by atoms with Gasteiger partial charge in [-0.25, -0.2) is 9.78 Å². The zero-order chi connectivity index (χ0) is 14.2. The summed E-state index contributed by atoms with van der Waals surface area (Å²) >= 11 is 1.62. The van der Waals surface area contributed by atoms with Crippen molar-refractivity contribution in [3.63, 3.8) is 0 Å². The van der Waals surface area contributed by atoms with Gasteiger partial charge in [0.2, 0.25) is 0 Å². The van der Waals surface area contributed by atoms with Crippen molar-refractivity contribution in [2.24, 2.45) is 0 Å². The second-order valence-corrected chi connectivity index (χ2v) is 6.42. The van der Waals surface area contributed by atoms with Gasteiger partial charge in [0.25, 0.3) is 0 Å². The van der Waals surface area contributed by atoms with Gasteiger partial charge < -0.3 is 4.74 Å². The number of carbonyl (C=O) groups is 1. The van der Waals surface area contributed by atoms with Crippen LogP contribution in [-0.2, 0) is 10.2 Å². The molecule has 4 heteroatoms. The lowest BCUT2D eigenvalue weighted by Crippen LogP contribution is -2.35. The number of thiazole rings is 1. The van der Waals surface area contributed by atoms with Crippen molar-refractivity contribution in [3.05, 3.63) is 51.5 Å². The van der Waals surface area contributed by atoms with Crippen LogP contribution in [0.25, 0.3) is 0 Å². The Bertz CT molecular complexity index is 629. The van der Waals surface area contributed by atoms with Crippen LogP contribution in [0.2, 0.25) is 0 Å². The van der Waals surface area contributed by atoms with Crippen LogP contribution >= 0.6 is 11.3 Å². The van der Waals surface area contributed by atoms with Gasteiger partial charge in [0.15, 0.2) is 5.69 Å². The summed E-state index contributed by atoms with van der Waals surface area (Å²) in [4.78, 5) is 17.3. The number of hydrogen-bond donors (Lipinski definition) is 0. The predicted octanol–water partition coefficient (Wildman–Crippen LogP) is 3.71. The Balaban J connectivity index is 2.05. The van der Waals surface area contributed by atoms with E-state index in [1.54, 1.807) is 11.3 Å². The smallest absolute Gasteiger partial charge is 0.357 e. The van der Waals surface area contributed by atoms with Crippen LogP contribution in [0.5, 0.6) is 0 Å². The molecule has 1 fully saturated rings. The lowest BCUT2D eigenvalue weighted by atomic mass is 9.65. The van der Waals surface area contributed by atoms with E-state index in [2.05, 4.69) is 29.2 Å². The Labute approximate surface area is 122 Å². The summed E-state index contributed by atoms with van der Waals surface area (Å²) in [6, 6.07) is 10.5. The van der Waals surface area contributed by atoms with E-state index in [0.29, 0.717) is 5.69 Å². The van der Waals surface area contributed by atoms with E-state index in [4.69, 9.17) is 4.74 Å². The molecule has 0 saturated heterocycles. The third-order valence-electron chi connectivity index (χ3n) is 4.12. The van der Waals surface area contributed by atoms with Crippen LogP contribution in [-0.4, -0.2) is 18.1 Å². The molecule has 1 aromatic heterocycles. The molecule has 3 rings (SSSR count). The van der Waals surface area contributed by atoms with E-state index in [0.717, 1.165) is 22.7 Å². The minimum absolute atomic E-state index is 0.00293. The van der Waals surface area contributed by atoms with Gasteiger partial charge in [-0.05, 0) is 25.3 Å². The molecule has 1 heterocycles. The molecule has 1 aliphatic carbocycles. The first-order chi connectivity index (χ1) is 9.67. The highest BCUT2D eigenvalue weighted by Crippen LogP contribution is 2.50. The number of carbonyl (C=O) groups excluding carboxylic acids is 1. The molecule has 0 aliphatic heterocycles. The Morgan fingerprint density at radius 2 is 2.00 bits per heavy atom. The third-order valence-corrected chi connectivity index (χ3v) is 5.29. The maximum absolute atomic E-state index is 11.7. The molecule has 0 N–H and O–H groups in total. The first-order valence-electron chi connectivity index (χ1n) is 6.79. The third kappa shape index (κ3) is 1.95. The average Bonchev–Trinajstić information content (AvgIpc) is 2.80. The number of ether oxygens (including phenoxy) is 1. The van der Waals surface area contributed by atoms with Crippen molar-refractivity contribution < 1.29 is 9.53 Å². The molecule has 0 spiro atoms. The number of esters is 1. The molecule has 1 aliphatic rings. The quantitative estimate of drug-likeness (QED) is 0.808. The first kappa shape index (κ1) is 13.3. The summed E-state index contributed by atoms with van der Waals surface area (Å²) in [7, 11) is 1.40. The number of aromatic nitrogens is 1. The Hall–Kier alpha value is -1.68. The van der Waals surface area contributed by atoms with E-state index < -0.39 is 0 Å². The van der Waals surface area contributed by atoms with Gasteiger partial charge in [-0.1, -0.05) is 36.8 Å². The number of rotatable bonds is 3. The van der Waals surface area contributed by atoms with Gasteiger partial charge in [0.1, 0.15) is 5.01 Å².